The Morgan fingerprint density at radius 3 is 2.43 bits per heavy atom. The lowest BCUT2D eigenvalue weighted by Gasteiger charge is -2.41. The third-order valence-electron chi connectivity index (χ3n) is 4.20. The largest absolute Gasteiger partial charge is 0.444 e. The molecular weight excluding hydrogens is 321 g/mol. The Balaban J connectivity index is 1.74. The molecule has 126 valence electrons. The summed E-state index contributed by atoms with van der Waals surface area (Å²) in [4.78, 5) is 20.2. The van der Waals surface area contributed by atoms with Crippen molar-refractivity contribution in [2.45, 2.75) is 51.3 Å². The van der Waals surface area contributed by atoms with Crippen LogP contribution in [-0.2, 0) is 4.74 Å². The zero-order valence-corrected chi connectivity index (χ0v) is 14.3. The lowest BCUT2D eigenvalue weighted by Crippen LogP contribution is -2.57. The molecule has 0 saturated carbocycles. The first-order valence-corrected chi connectivity index (χ1v) is 8.21. The highest BCUT2D eigenvalue weighted by Gasteiger charge is 2.44. The minimum atomic E-state index is -0.661. The van der Waals surface area contributed by atoms with Crippen molar-refractivity contribution in [1.82, 2.24) is 9.88 Å². The maximum atomic E-state index is 13.6. The molecule has 3 heterocycles. The molecule has 5 nitrogen and oxygen atoms in total. The summed E-state index contributed by atoms with van der Waals surface area (Å²) in [6.45, 7) is 6.85. The van der Waals surface area contributed by atoms with E-state index in [1.54, 1.807) is 6.07 Å². The van der Waals surface area contributed by atoms with E-state index >= 15 is 0 Å². The molecule has 1 amide bonds. The summed E-state index contributed by atoms with van der Waals surface area (Å²) in [5.74, 6) is -0.0984. The van der Waals surface area contributed by atoms with Crippen molar-refractivity contribution in [3.63, 3.8) is 0 Å². The standard InChI is InChI=1S/C16H21ClFN3O2/c1-16(2,3)23-15(22)21-10-4-5-11(21)9-20(8-10)13-7-6-12(17)14(18)19-13/h6-7,10-11H,4-5,8-9H2,1-3H3/t10-,11?/m1/s1. The van der Waals surface area contributed by atoms with Crippen LogP contribution in [0.1, 0.15) is 33.6 Å². The Hall–Kier alpha value is -1.56. The Bertz CT molecular complexity index is 606. The maximum Gasteiger partial charge on any atom is 0.410 e. The number of fused-ring (bicyclic) bond motifs is 2. The highest BCUT2D eigenvalue weighted by molar-refractivity contribution is 6.30. The number of ether oxygens (including phenoxy) is 1. The summed E-state index contributed by atoms with van der Waals surface area (Å²) in [7, 11) is 0. The van der Waals surface area contributed by atoms with Gasteiger partial charge in [0.1, 0.15) is 11.4 Å². The van der Waals surface area contributed by atoms with Gasteiger partial charge in [-0.3, -0.25) is 4.90 Å². The SMILES string of the molecule is CC(C)(C)OC(=O)N1C2CC[C@@H]1CN(c1ccc(Cl)c(F)n1)C2. The smallest absolute Gasteiger partial charge is 0.410 e. The molecule has 1 aromatic rings. The normalized spacial score (nSPS) is 24.0. The molecule has 7 heteroatoms. The molecule has 0 spiro atoms. The number of hydrogen-bond acceptors (Lipinski definition) is 4. The third kappa shape index (κ3) is 3.37. The van der Waals surface area contributed by atoms with Crippen LogP contribution in [0.3, 0.4) is 0 Å². The van der Waals surface area contributed by atoms with Crippen molar-refractivity contribution in [3.8, 4) is 0 Å². The van der Waals surface area contributed by atoms with Gasteiger partial charge in [0.2, 0.25) is 5.95 Å². The van der Waals surface area contributed by atoms with Gasteiger partial charge in [0, 0.05) is 13.1 Å². The van der Waals surface area contributed by atoms with Gasteiger partial charge in [-0.15, -0.1) is 0 Å². The molecule has 23 heavy (non-hydrogen) atoms. The minimum absolute atomic E-state index is 0.0177. The van der Waals surface area contributed by atoms with Gasteiger partial charge in [-0.1, -0.05) is 11.6 Å². The topological polar surface area (TPSA) is 45.7 Å². The van der Waals surface area contributed by atoms with E-state index in [4.69, 9.17) is 16.3 Å². The molecule has 2 saturated heterocycles. The van der Waals surface area contributed by atoms with Gasteiger partial charge >= 0.3 is 6.09 Å². The third-order valence-corrected chi connectivity index (χ3v) is 4.48. The first kappa shape index (κ1) is 16.3. The zero-order chi connectivity index (χ0) is 16.8. The van der Waals surface area contributed by atoms with Crippen LogP contribution in [0.2, 0.25) is 5.02 Å². The van der Waals surface area contributed by atoms with Crippen molar-refractivity contribution in [1.29, 1.82) is 0 Å². The number of amides is 1. The van der Waals surface area contributed by atoms with E-state index in [0.717, 1.165) is 12.8 Å². The molecule has 2 atom stereocenters. The Morgan fingerprint density at radius 2 is 1.91 bits per heavy atom. The zero-order valence-electron chi connectivity index (χ0n) is 13.6. The quantitative estimate of drug-likeness (QED) is 0.734. The molecule has 3 rings (SSSR count). The van der Waals surface area contributed by atoms with Crippen molar-refractivity contribution < 1.29 is 13.9 Å². The number of hydrogen-bond donors (Lipinski definition) is 0. The molecule has 2 aliphatic rings. The second-order valence-corrected chi connectivity index (χ2v) is 7.53. The van der Waals surface area contributed by atoms with E-state index in [9.17, 15) is 9.18 Å². The lowest BCUT2D eigenvalue weighted by atomic mass is 10.2. The number of anilines is 1. The Labute approximate surface area is 140 Å². The molecule has 1 aromatic heterocycles. The van der Waals surface area contributed by atoms with Crippen LogP contribution in [0.25, 0.3) is 0 Å². The van der Waals surface area contributed by atoms with E-state index < -0.39 is 11.5 Å². The van der Waals surface area contributed by atoms with E-state index in [-0.39, 0.29) is 23.2 Å². The number of nitrogens with zero attached hydrogens (tertiary/aromatic N) is 3. The monoisotopic (exact) mass is 341 g/mol. The first-order valence-electron chi connectivity index (χ1n) is 7.83. The number of halogens is 2. The summed E-state index contributed by atoms with van der Waals surface area (Å²) in [5, 5.41) is 0.0177. The van der Waals surface area contributed by atoms with E-state index in [1.807, 2.05) is 30.6 Å². The molecule has 2 fully saturated rings. The molecule has 2 aliphatic heterocycles. The molecule has 0 aliphatic carbocycles. The van der Waals surface area contributed by atoms with Crippen LogP contribution in [0.15, 0.2) is 12.1 Å². The molecular formula is C16H21ClFN3O2. The van der Waals surface area contributed by atoms with Gasteiger partial charge in [0.05, 0.1) is 17.1 Å². The average Bonchev–Trinajstić information content (AvgIpc) is 2.71. The van der Waals surface area contributed by atoms with Gasteiger partial charge in [0.15, 0.2) is 0 Å². The number of aromatic nitrogens is 1. The van der Waals surface area contributed by atoms with Gasteiger partial charge < -0.3 is 9.64 Å². The van der Waals surface area contributed by atoms with Crippen molar-refractivity contribution >= 4 is 23.5 Å². The summed E-state index contributed by atoms with van der Waals surface area (Å²) < 4.78 is 19.1. The van der Waals surface area contributed by atoms with Crippen molar-refractivity contribution in [2.24, 2.45) is 0 Å². The Kier molecular flexibility index (Phi) is 4.12. The molecule has 2 bridgehead atoms. The van der Waals surface area contributed by atoms with Gasteiger partial charge in [0.25, 0.3) is 0 Å². The molecule has 0 aromatic carbocycles. The van der Waals surface area contributed by atoms with Crippen LogP contribution < -0.4 is 4.90 Å². The Morgan fingerprint density at radius 1 is 1.30 bits per heavy atom. The average molecular weight is 342 g/mol. The predicted octanol–water partition coefficient (Wildman–Crippen LogP) is 3.46. The fourth-order valence-electron chi connectivity index (χ4n) is 3.29. The number of piperazine rings is 1. The van der Waals surface area contributed by atoms with Crippen LogP contribution in [-0.4, -0.2) is 46.8 Å². The summed E-state index contributed by atoms with van der Waals surface area (Å²) in [6.07, 6.45) is 1.59. The minimum Gasteiger partial charge on any atom is -0.444 e. The predicted molar refractivity (Wildman–Crippen MR) is 86.3 cm³/mol. The summed E-state index contributed by atoms with van der Waals surface area (Å²) in [5.41, 5.74) is -0.505. The number of carbonyl (C=O) groups is 1. The van der Waals surface area contributed by atoms with Crippen LogP contribution in [0, 0.1) is 5.95 Å². The second-order valence-electron chi connectivity index (χ2n) is 7.12. The van der Waals surface area contributed by atoms with Gasteiger partial charge in [-0.05, 0) is 45.7 Å². The number of carbonyl (C=O) groups excluding carboxylic acids is 1. The number of pyridine rings is 1. The van der Waals surface area contributed by atoms with Crippen LogP contribution in [0.5, 0.6) is 0 Å². The van der Waals surface area contributed by atoms with E-state index in [0.29, 0.717) is 18.9 Å². The summed E-state index contributed by atoms with van der Waals surface area (Å²) >= 11 is 5.69. The van der Waals surface area contributed by atoms with E-state index in [1.165, 1.54) is 6.07 Å². The van der Waals surface area contributed by atoms with Crippen LogP contribution >= 0.6 is 11.6 Å². The highest BCUT2D eigenvalue weighted by atomic mass is 35.5. The van der Waals surface area contributed by atoms with Gasteiger partial charge in [-0.25, -0.2) is 9.78 Å². The molecule has 0 radical (unpaired) electrons. The lowest BCUT2D eigenvalue weighted by molar-refractivity contribution is 0.0122. The van der Waals surface area contributed by atoms with Crippen molar-refractivity contribution in [2.75, 3.05) is 18.0 Å². The highest BCUT2D eigenvalue weighted by Crippen LogP contribution is 2.33. The summed E-state index contributed by atoms with van der Waals surface area (Å²) in [6, 6.07) is 3.38. The first-order chi connectivity index (χ1) is 10.7. The molecule has 1 unspecified atom stereocenters. The second kappa shape index (κ2) is 5.82. The van der Waals surface area contributed by atoms with Crippen LogP contribution in [0.4, 0.5) is 15.0 Å². The maximum absolute atomic E-state index is 13.6. The number of rotatable bonds is 1. The fourth-order valence-corrected chi connectivity index (χ4v) is 3.39. The van der Waals surface area contributed by atoms with E-state index in [2.05, 4.69) is 4.98 Å². The van der Waals surface area contributed by atoms with Crippen molar-refractivity contribution in [3.05, 3.63) is 23.1 Å². The molecule has 0 N–H and O–H groups in total. The van der Waals surface area contributed by atoms with Gasteiger partial charge in [-0.2, -0.15) is 4.39 Å². The fraction of sp³-hybridized carbons (Fsp3) is 0.625.